The molecule has 1 aromatic rings. The lowest BCUT2D eigenvalue weighted by molar-refractivity contribution is -0.137. The number of amides is 1. The molecule has 0 atom stereocenters. The van der Waals surface area contributed by atoms with E-state index in [1.807, 2.05) is 11.6 Å². The predicted octanol–water partition coefficient (Wildman–Crippen LogP) is 2.29. The molecule has 0 saturated carbocycles. The molecule has 0 aliphatic rings. The van der Waals surface area contributed by atoms with E-state index in [1.165, 1.54) is 0 Å². The Kier molecular flexibility index (Phi) is 7.01. The van der Waals surface area contributed by atoms with Gasteiger partial charge in [0.05, 0.1) is 17.0 Å². The quantitative estimate of drug-likeness (QED) is 0.705. The molecule has 0 fully saturated rings. The first-order valence-electron chi connectivity index (χ1n) is 7.10. The highest BCUT2D eigenvalue weighted by Gasteiger charge is 2.31. The molecule has 0 aliphatic heterocycles. The third kappa shape index (κ3) is 6.57. The van der Waals surface area contributed by atoms with Crippen molar-refractivity contribution >= 4 is 15.9 Å². The van der Waals surface area contributed by atoms with Gasteiger partial charge in [-0.15, -0.1) is 0 Å². The summed E-state index contributed by atoms with van der Waals surface area (Å²) in [5.41, 5.74) is -1.07. The number of hydrogen-bond acceptors (Lipinski definition) is 3. The second-order valence-electron chi connectivity index (χ2n) is 4.91. The van der Waals surface area contributed by atoms with Gasteiger partial charge in [-0.3, -0.25) is 4.79 Å². The van der Waals surface area contributed by atoms with E-state index < -0.39 is 39.1 Å². The zero-order valence-corrected chi connectivity index (χ0v) is 13.4. The van der Waals surface area contributed by atoms with E-state index in [-0.39, 0.29) is 0 Å². The van der Waals surface area contributed by atoms with Crippen LogP contribution in [0.1, 0.15) is 31.7 Å². The van der Waals surface area contributed by atoms with E-state index in [2.05, 4.69) is 5.32 Å². The first kappa shape index (κ1) is 19.4. The lowest BCUT2D eigenvalue weighted by Gasteiger charge is -2.10. The van der Waals surface area contributed by atoms with Gasteiger partial charge in [0, 0.05) is 6.54 Å². The molecule has 2 N–H and O–H groups in total. The number of sulfonamides is 1. The highest BCUT2D eigenvalue weighted by molar-refractivity contribution is 7.89. The molecular weight excluding hydrogens is 333 g/mol. The molecule has 0 bridgehead atoms. The number of nitrogens with one attached hydrogen (secondary N) is 2. The average Bonchev–Trinajstić information content (AvgIpc) is 2.49. The highest BCUT2D eigenvalue weighted by Crippen LogP contribution is 2.30. The molecule has 130 valence electrons. The van der Waals surface area contributed by atoms with Crippen molar-refractivity contribution in [3.05, 3.63) is 29.8 Å². The van der Waals surface area contributed by atoms with E-state index in [0.717, 1.165) is 37.5 Å². The van der Waals surface area contributed by atoms with Crippen molar-refractivity contribution in [2.45, 2.75) is 37.3 Å². The minimum absolute atomic E-state index is 0.429. The summed E-state index contributed by atoms with van der Waals surface area (Å²) in [6, 6.07) is 3.35. The van der Waals surface area contributed by atoms with Crippen LogP contribution >= 0.6 is 0 Å². The Labute approximate surface area is 133 Å². The summed E-state index contributed by atoms with van der Waals surface area (Å²) in [6.07, 6.45) is -1.93. The zero-order chi connectivity index (χ0) is 17.5. The number of hydrogen-bond donors (Lipinski definition) is 2. The molecule has 1 aromatic carbocycles. The molecule has 1 amide bonds. The van der Waals surface area contributed by atoms with Crippen LogP contribution in [0.25, 0.3) is 0 Å². The molecule has 9 heteroatoms. The molecule has 0 aliphatic carbocycles. The average molecular weight is 352 g/mol. The first-order valence-corrected chi connectivity index (χ1v) is 8.58. The summed E-state index contributed by atoms with van der Waals surface area (Å²) in [4.78, 5) is 11.0. The minimum atomic E-state index is -4.64. The number of alkyl halides is 3. The van der Waals surface area contributed by atoms with Crippen LogP contribution in [0.5, 0.6) is 0 Å². The molecule has 5 nitrogen and oxygen atoms in total. The Morgan fingerprint density at radius 2 is 1.91 bits per heavy atom. The maximum Gasteiger partial charge on any atom is 0.416 e. The minimum Gasteiger partial charge on any atom is -0.355 e. The molecular formula is C14H19F3N2O3S. The molecule has 0 saturated heterocycles. The maximum absolute atomic E-state index is 12.6. The van der Waals surface area contributed by atoms with Gasteiger partial charge in [-0.2, -0.15) is 13.2 Å². The van der Waals surface area contributed by atoms with Gasteiger partial charge in [-0.1, -0.05) is 25.8 Å². The SMILES string of the molecule is CCCCCNC(=O)CNS(=O)(=O)c1cccc(C(F)(F)F)c1. The summed E-state index contributed by atoms with van der Waals surface area (Å²) in [5.74, 6) is -0.531. The van der Waals surface area contributed by atoms with Crippen molar-refractivity contribution in [3.63, 3.8) is 0 Å². The van der Waals surface area contributed by atoms with Crippen molar-refractivity contribution in [2.24, 2.45) is 0 Å². The summed E-state index contributed by atoms with van der Waals surface area (Å²) in [7, 11) is -4.18. The van der Waals surface area contributed by atoms with Gasteiger partial charge in [-0.05, 0) is 24.6 Å². The monoisotopic (exact) mass is 352 g/mol. The lowest BCUT2D eigenvalue weighted by Crippen LogP contribution is -2.37. The van der Waals surface area contributed by atoms with Crippen LogP contribution < -0.4 is 10.0 Å². The summed E-state index contributed by atoms with van der Waals surface area (Å²) in [6.45, 7) is 1.91. The lowest BCUT2D eigenvalue weighted by atomic mass is 10.2. The van der Waals surface area contributed by atoms with Crippen LogP contribution in [0.4, 0.5) is 13.2 Å². The van der Waals surface area contributed by atoms with Crippen LogP contribution in [-0.2, 0) is 21.0 Å². The maximum atomic E-state index is 12.6. The number of carbonyl (C=O) groups is 1. The smallest absolute Gasteiger partial charge is 0.355 e. The third-order valence-electron chi connectivity index (χ3n) is 3.00. The van der Waals surface area contributed by atoms with E-state index in [4.69, 9.17) is 0 Å². The Hall–Kier alpha value is -1.61. The molecule has 0 unspecified atom stereocenters. The van der Waals surface area contributed by atoms with Crippen molar-refractivity contribution in [1.29, 1.82) is 0 Å². The number of halogens is 3. The van der Waals surface area contributed by atoms with Gasteiger partial charge in [0.25, 0.3) is 0 Å². The van der Waals surface area contributed by atoms with Crippen molar-refractivity contribution in [1.82, 2.24) is 10.0 Å². The molecule has 0 heterocycles. The van der Waals surface area contributed by atoms with Crippen molar-refractivity contribution in [3.8, 4) is 0 Å². The summed E-state index contributed by atoms with van der Waals surface area (Å²) < 4.78 is 63.6. The van der Waals surface area contributed by atoms with Crippen molar-refractivity contribution in [2.75, 3.05) is 13.1 Å². The van der Waals surface area contributed by atoms with Crippen LogP contribution in [0.15, 0.2) is 29.2 Å². The van der Waals surface area contributed by atoms with Gasteiger partial charge < -0.3 is 5.32 Å². The second kappa shape index (κ2) is 8.30. The Bertz CT molecular complexity index is 630. The third-order valence-corrected chi connectivity index (χ3v) is 4.40. The van der Waals surface area contributed by atoms with Crippen LogP contribution in [0, 0.1) is 0 Å². The van der Waals surface area contributed by atoms with Gasteiger partial charge in [0.2, 0.25) is 15.9 Å². The second-order valence-corrected chi connectivity index (χ2v) is 6.67. The Morgan fingerprint density at radius 1 is 1.22 bits per heavy atom. The zero-order valence-electron chi connectivity index (χ0n) is 12.6. The van der Waals surface area contributed by atoms with Gasteiger partial charge in [0.1, 0.15) is 0 Å². The fourth-order valence-corrected chi connectivity index (χ4v) is 2.78. The van der Waals surface area contributed by atoms with Gasteiger partial charge >= 0.3 is 6.18 Å². The number of carbonyl (C=O) groups excluding carboxylic acids is 1. The molecule has 0 radical (unpaired) electrons. The van der Waals surface area contributed by atoms with Crippen LogP contribution in [0.2, 0.25) is 0 Å². The summed E-state index contributed by atoms with van der Waals surface area (Å²) in [5, 5.41) is 2.53. The molecule has 0 spiro atoms. The summed E-state index contributed by atoms with van der Waals surface area (Å²) >= 11 is 0. The molecule has 23 heavy (non-hydrogen) atoms. The highest BCUT2D eigenvalue weighted by atomic mass is 32.2. The first-order chi connectivity index (χ1) is 10.7. The fourth-order valence-electron chi connectivity index (χ4n) is 1.75. The normalized spacial score (nSPS) is 12.2. The van der Waals surface area contributed by atoms with E-state index in [0.29, 0.717) is 12.6 Å². The largest absolute Gasteiger partial charge is 0.416 e. The van der Waals surface area contributed by atoms with Gasteiger partial charge in [-0.25, -0.2) is 13.1 Å². The Morgan fingerprint density at radius 3 is 2.52 bits per heavy atom. The Balaban J connectivity index is 2.64. The molecule has 1 rings (SSSR count). The fraction of sp³-hybridized carbons (Fsp3) is 0.500. The number of benzene rings is 1. The van der Waals surface area contributed by atoms with Crippen LogP contribution in [-0.4, -0.2) is 27.4 Å². The number of unbranched alkanes of at least 4 members (excludes halogenated alkanes) is 2. The predicted molar refractivity (Wildman–Crippen MR) is 79.2 cm³/mol. The van der Waals surface area contributed by atoms with Crippen LogP contribution in [0.3, 0.4) is 0 Å². The van der Waals surface area contributed by atoms with Gasteiger partial charge in [0.15, 0.2) is 0 Å². The van der Waals surface area contributed by atoms with E-state index in [9.17, 15) is 26.4 Å². The van der Waals surface area contributed by atoms with E-state index in [1.54, 1.807) is 0 Å². The topological polar surface area (TPSA) is 75.3 Å². The number of rotatable bonds is 8. The molecule has 0 aromatic heterocycles. The standard InChI is InChI=1S/C14H19F3N2O3S/c1-2-3-4-8-18-13(20)10-19-23(21,22)12-7-5-6-11(9-12)14(15,16)17/h5-7,9,19H,2-4,8,10H2,1H3,(H,18,20). The van der Waals surface area contributed by atoms with Crippen molar-refractivity contribution < 1.29 is 26.4 Å². The van der Waals surface area contributed by atoms with E-state index >= 15 is 0 Å².